The summed E-state index contributed by atoms with van der Waals surface area (Å²) < 4.78 is 40.0. The maximum atomic E-state index is 12.3. The van der Waals surface area contributed by atoms with Crippen LogP contribution in [0.3, 0.4) is 0 Å². The van der Waals surface area contributed by atoms with E-state index in [1.807, 2.05) is 48.3 Å². The molecule has 0 amide bonds. The van der Waals surface area contributed by atoms with E-state index in [1.165, 1.54) is 46.7 Å². The van der Waals surface area contributed by atoms with Crippen LogP contribution in [0.4, 0.5) is 13.2 Å². The highest BCUT2D eigenvalue weighted by Gasteiger charge is 2.31. The Bertz CT molecular complexity index is 2780. The molecule has 6 aromatic rings. The first kappa shape index (κ1) is 59.8. The number of aromatic hydroxyl groups is 1. The van der Waals surface area contributed by atoms with Crippen LogP contribution < -0.4 is 22.2 Å². The van der Waals surface area contributed by atoms with Crippen molar-refractivity contribution in [3.63, 3.8) is 0 Å². The van der Waals surface area contributed by atoms with Gasteiger partial charge in [-0.2, -0.15) is 0 Å². The van der Waals surface area contributed by atoms with Crippen molar-refractivity contribution in [2.75, 3.05) is 0 Å². The largest absolute Gasteiger partial charge is 0.506 e. The summed E-state index contributed by atoms with van der Waals surface area (Å²) in [6.07, 6.45) is 7.98. The summed E-state index contributed by atoms with van der Waals surface area (Å²) in [7, 11) is 1.77. The number of alkyl halides is 3. The van der Waals surface area contributed by atoms with Crippen molar-refractivity contribution in [2.24, 2.45) is 7.05 Å². The number of aromatic nitrogens is 6. The molecular formula is C56H77F3N6O5. The van der Waals surface area contributed by atoms with E-state index in [9.17, 15) is 37.5 Å². The van der Waals surface area contributed by atoms with Crippen LogP contribution in [0.5, 0.6) is 5.75 Å². The van der Waals surface area contributed by atoms with Gasteiger partial charge >= 0.3 is 6.30 Å². The molecule has 11 nitrogen and oxygen atoms in total. The Hall–Kier alpha value is -6.31. The molecule has 1 aliphatic rings. The molecule has 7 rings (SSSR count). The van der Waals surface area contributed by atoms with E-state index in [0.717, 1.165) is 23.5 Å². The van der Waals surface area contributed by atoms with Gasteiger partial charge in [0.05, 0.1) is 5.69 Å². The highest BCUT2D eigenvalue weighted by atomic mass is 19.4. The summed E-state index contributed by atoms with van der Waals surface area (Å²) in [5.74, 6) is 2.74. The molecule has 1 aliphatic carbocycles. The predicted octanol–water partition coefficient (Wildman–Crippen LogP) is 12.8. The molecule has 70 heavy (non-hydrogen) atoms. The Balaban J connectivity index is 0.000000289. The highest BCUT2D eigenvalue weighted by Crippen LogP contribution is 2.34. The standard InChI is InChI=1S/C11H15NO.C10H15N.C9H10F3NO.2C9H13NO.C8H11NO/c1-8(2)9-3-6-11(13)12(7-9)10-4-5-10;1-7(2)10-6-11-9(4)5-8(10)3;1-6(2)7-3-4-8(14)13(5-7)9(10,11)12;1-6(2)8-4-9(11)7(3)10-5-8;1-7(2)8-4-5-9(11)10(3)6-8;1-6(2)7-3-4-8(10)9-5-7/h3,6-8,10H,4-5H2,1-2H3;5-7H,1-4H3;3-6H,1-2H3;4-6,11H,1-3H3;4-7H,1-3H3;3-6H,1-2H3,(H,9,10). The van der Waals surface area contributed by atoms with Crippen molar-refractivity contribution >= 4 is 0 Å². The van der Waals surface area contributed by atoms with Gasteiger partial charge in [0.15, 0.2) is 0 Å². The number of aryl methyl sites for hydroxylation is 4. The third-order valence-corrected chi connectivity index (χ3v) is 11.4. The van der Waals surface area contributed by atoms with Gasteiger partial charge in [-0.25, -0.2) is 4.57 Å². The second-order valence-corrected chi connectivity index (χ2v) is 19.5. The summed E-state index contributed by atoms with van der Waals surface area (Å²) in [4.78, 5) is 54.8. The predicted molar refractivity (Wildman–Crippen MR) is 279 cm³/mol. The molecule has 0 spiro atoms. The average molecular weight is 971 g/mol. The van der Waals surface area contributed by atoms with Crippen LogP contribution in [-0.2, 0) is 13.3 Å². The summed E-state index contributed by atoms with van der Waals surface area (Å²) in [6.45, 7) is 30.7. The quantitative estimate of drug-likeness (QED) is 0.162. The zero-order chi connectivity index (χ0) is 53.2. The van der Waals surface area contributed by atoms with E-state index >= 15 is 0 Å². The monoisotopic (exact) mass is 971 g/mol. The van der Waals surface area contributed by atoms with Gasteiger partial charge in [0.2, 0.25) is 11.1 Å². The zero-order valence-electron chi connectivity index (χ0n) is 44.1. The van der Waals surface area contributed by atoms with E-state index in [1.54, 1.807) is 69.0 Å². The molecule has 6 aromatic heterocycles. The van der Waals surface area contributed by atoms with Crippen molar-refractivity contribution in [3.8, 4) is 5.75 Å². The van der Waals surface area contributed by atoms with Crippen LogP contribution in [0, 0.1) is 20.8 Å². The Kier molecular flexibility index (Phi) is 23.7. The SMILES string of the molecule is CC(C)c1ccc(=O)[nH]c1.CC(C)c1ccc(=O)n(C(F)(F)F)c1.CC(C)c1ccc(=O)n(C)c1.CC(C)c1ccc(=O)n(C2CC2)c1.Cc1cc(C)c(C(C)C)cn1.Cc1ncc(C(C)C)cc1O. The number of rotatable bonds is 7. The topological polar surface area (TPSA) is 145 Å². The van der Waals surface area contributed by atoms with E-state index in [0.29, 0.717) is 46.9 Å². The van der Waals surface area contributed by atoms with Crippen LogP contribution in [-0.4, -0.2) is 33.8 Å². The normalized spacial score (nSPS) is 12.0. The minimum atomic E-state index is -4.64. The average Bonchev–Trinajstić information content (AvgIpc) is 4.12. The lowest BCUT2D eigenvalue weighted by molar-refractivity contribution is -0.206. The van der Waals surface area contributed by atoms with Crippen LogP contribution in [0.1, 0.15) is 188 Å². The first-order chi connectivity index (χ1) is 32.5. The first-order valence-electron chi connectivity index (χ1n) is 24.0. The lowest BCUT2D eigenvalue weighted by Crippen LogP contribution is -2.30. The maximum absolute atomic E-state index is 12.3. The molecule has 2 N–H and O–H groups in total. The number of halogens is 3. The lowest BCUT2D eigenvalue weighted by atomic mass is 10.0. The van der Waals surface area contributed by atoms with Crippen molar-refractivity contribution in [3.05, 3.63) is 190 Å². The van der Waals surface area contributed by atoms with Gasteiger partial charge in [-0.1, -0.05) is 107 Å². The van der Waals surface area contributed by atoms with Crippen LogP contribution in [0.2, 0.25) is 0 Å². The molecule has 0 atom stereocenters. The van der Waals surface area contributed by atoms with Gasteiger partial charge in [0.1, 0.15) is 5.75 Å². The fourth-order valence-electron chi connectivity index (χ4n) is 6.45. The Labute approximate surface area is 412 Å². The smallest absolute Gasteiger partial charge is 0.491 e. The van der Waals surface area contributed by atoms with Crippen molar-refractivity contribution in [1.82, 2.24) is 28.7 Å². The Morgan fingerprint density at radius 2 is 1.07 bits per heavy atom. The summed E-state index contributed by atoms with van der Waals surface area (Å²) in [6, 6.07) is 17.3. The van der Waals surface area contributed by atoms with Crippen molar-refractivity contribution < 1.29 is 18.3 Å². The molecule has 0 saturated heterocycles. The molecule has 0 radical (unpaired) electrons. The molecule has 0 aliphatic heterocycles. The Morgan fingerprint density at radius 3 is 1.50 bits per heavy atom. The van der Waals surface area contributed by atoms with Gasteiger partial charge in [-0.05, 0) is 120 Å². The number of hydrogen-bond acceptors (Lipinski definition) is 7. The number of nitrogens with zero attached hydrogens (tertiary/aromatic N) is 5. The molecule has 0 aromatic carbocycles. The molecule has 14 heteroatoms. The molecular weight excluding hydrogens is 894 g/mol. The zero-order valence-corrected chi connectivity index (χ0v) is 44.1. The second kappa shape index (κ2) is 27.8. The van der Waals surface area contributed by atoms with Gasteiger partial charge < -0.3 is 19.2 Å². The molecule has 1 saturated carbocycles. The molecule has 0 unspecified atom stereocenters. The van der Waals surface area contributed by atoms with Crippen LogP contribution in [0.15, 0.2) is 117 Å². The molecule has 382 valence electrons. The van der Waals surface area contributed by atoms with Crippen molar-refractivity contribution in [2.45, 2.75) is 165 Å². The van der Waals surface area contributed by atoms with Gasteiger partial charge in [-0.3, -0.25) is 29.1 Å². The lowest BCUT2D eigenvalue weighted by Gasteiger charge is -2.12. The summed E-state index contributed by atoms with van der Waals surface area (Å²) >= 11 is 0. The fraction of sp³-hybridized carbons (Fsp3) is 0.464. The fourth-order valence-corrected chi connectivity index (χ4v) is 6.45. The van der Waals surface area contributed by atoms with E-state index in [-0.39, 0.29) is 32.9 Å². The summed E-state index contributed by atoms with van der Waals surface area (Å²) in [5.41, 5.74) is 8.80. The van der Waals surface area contributed by atoms with Gasteiger partial charge in [0, 0.05) is 80.2 Å². The number of hydrogen-bond donors (Lipinski definition) is 2. The Morgan fingerprint density at radius 1 is 0.586 bits per heavy atom. The number of aromatic amines is 1. The number of H-pyrrole nitrogens is 1. The van der Waals surface area contributed by atoms with Gasteiger partial charge in [-0.15, -0.1) is 13.2 Å². The second-order valence-electron chi connectivity index (χ2n) is 19.5. The summed E-state index contributed by atoms with van der Waals surface area (Å²) in [5, 5.41) is 9.29. The van der Waals surface area contributed by atoms with Crippen LogP contribution >= 0.6 is 0 Å². The van der Waals surface area contributed by atoms with Gasteiger partial charge in [0.25, 0.3) is 11.1 Å². The molecule has 0 bridgehead atoms. The van der Waals surface area contributed by atoms with Crippen LogP contribution in [0.25, 0.3) is 0 Å². The molecule has 6 heterocycles. The van der Waals surface area contributed by atoms with E-state index in [4.69, 9.17) is 0 Å². The third-order valence-electron chi connectivity index (χ3n) is 11.4. The number of pyridine rings is 6. The molecule has 1 fully saturated rings. The van der Waals surface area contributed by atoms with E-state index < -0.39 is 11.9 Å². The third kappa shape index (κ3) is 20.3. The minimum Gasteiger partial charge on any atom is -0.506 e. The minimum absolute atomic E-state index is 0.0376. The van der Waals surface area contributed by atoms with E-state index in [2.05, 4.69) is 97.2 Å². The number of nitrogens with one attached hydrogen (secondary N) is 1. The highest BCUT2D eigenvalue weighted by molar-refractivity contribution is 5.30. The maximum Gasteiger partial charge on any atom is 0.491 e. The van der Waals surface area contributed by atoms with Crippen molar-refractivity contribution in [1.29, 1.82) is 0 Å². The first-order valence-corrected chi connectivity index (χ1v) is 24.0.